The fourth-order valence-electron chi connectivity index (χ4n) is 1.66. The van der Waals surface area contributed by atoms with Gasteiger partial charge >= 0.3 is 5.97 Å². The van der Waals surface area contributed by atoms with Crippen LogP contribution in [0.1, 0.15) is 19.4 Å². The van der Waals surface area contributed by atoms with Gasteiger partial charge < -0.3 is 4.74 Å². The lowest BCUT2D eigenvalue weighted by Crippen LogP contribution is -2.15. The molecule has 0 aliphatic rings. The second kappa shape index (κ2) is 6.99. The lowest BCUT2D eigenvalue weighted by Gasteiger charge is -2.23. The minimum Gasteiger partial charge on any atom is -0.426 e. The number of carbonyl (C=O) groups is 1. The van der Waals surface area contributed by atoms with Crippen LogP contribution in [0.15, 0.2) is 18.2 Å². The Labute approximate surface area is 122 Å². The summed E-state index contributed by atoms with van der Waals surface area (Å²) in [6.07, 6.45) is 4.95. The zero-order valence-corrected chi connectivity index (χ0v) is 14.3. The number of ether oxygens (including phenoxy) is 1. The predicted molar refractivity (Wildman–Crippen MR) is 88.1 cm³/mol. The van der Waals surface area contributed by atoms with Crippen LogP contribution in [0.4, 0.5) is 0 Å². The second-order valence-corrected chi connectivity index (χ2v) is 14.9. The number of rotatable bonds is 5. The van der Waals surface area contributed by atoms with Crippen LogP contribution in [-0.4, -0.2) is 18.5 Å². The van der Waals surface area contributed by atoms with Gasteiger partial charge in [-0.05, 0) is 30.6 Å². The first-order chi connectivity index (χ1) is 8.48. The molecule has 0 bridgehead atoms. The Kier molecular flexibility index (Phi) is 6.25. The molecule has 0 unspecified atom stereocenters. The SMILES string of the molecule is CCc1cccc(OC(C)=O)c1P(=S)(SC)SC. The first-order valence-corrected chi connectivity index (χ1v) is 12.0. The van der Waals surface area contributed by atoms with Crippen LogP contribution in [0.25, 0.3) is 0 Å². The Morgan fingerprint density at radius 2 is 2.00 bits per heavy atom. The molecule has 0 heterocycles. The first kappa shape index (κ1) is 16.1. The number of hydrogen-bond donors (Lipinski definition) is 0. The predicted octanol–water partition coefficient (Wildman–Crippen LogP) is 3.84. The summed E-state index contributed by atoms with van der Waals surface area (Å²) in [7, 11) is 0. The molecule has 0 saturated heterocycles. The lowest BCUT2D eigenvalue weighted by molar-refractivity contribution is -0.131. The van der Waals surface area contributed by atoms with Crippen LogP contribution >= 0.6 is 27.2 Å². The van der Waals surface area contributed by atoms with Gasteiger partial charge in [0.25, 0.3) is 0 Å². The monoisotopic (exact) mass is 320 g/mol. The molecular weight excluding hydrogens is 303 g/mol. The van der Waals surface area contributed by atoms with E-state index in [0.29, 0.717) is 5.75 Å². The van der Waals surface area contributed by atoms with Crippen LogP contribution in [0.3, 0.4) is 0 Å². The smallest absolute Gasteiger partial charge is 0.308 e. The summed E-state index contributed by atoms with van der Waals surface area (Å²) in [6, 6.07) is 5.82. The van der Waals surface area contributed by atoms with Crippen molar-refractivity contribution < 1.29 is 9.53 Å². The standard InChI is InChI=1S/C12H17O2PS3/c1-5-10-7-6-8-11(14-9(2)13)12(10)15(16,17-3)18-4/h6-8H,5H2,1-4H3. The molecule has 1 aromatic carbocycles. The highest BCUT2D eigenvalue weighted by Crippen LogP contribution is 2.67. The van der Waals surface area contributed by atoms with E-state index >= 15 is 0 Å². The minimum atomic E-state index is -1.79. The summed E-state index contributed by atoms with van der Waals surface area (Å²) >= 11 is 9.20. The molecule has 2 nitrogen and oxygen atoms in total. The molecule has 1 aromatic rings. The summed E-state index contributed by atoms with van der Waals surface area (Å²) in [5, 5.41) is 1.05. The summed E-state index contributed by atoms with van der Waals surface area (Å²) in [4.78, 5) is 11.2. The van der Waals surface area contributed by atoms with Gasteiger partial charge in [0, 0.05) is 6.92 Å². The Hall–Kier alpha value is 0.0400. The summed E-state index contributed by atoms with van der Waals surface area (Å²) in [6.45, 7) is 3.51. The van der Waals surface area contributed by atoms with E-state index in [9.17, 15) is 4.79 Å². The molecule has 0 N–H and O–H groups in total. The molecule has 0 aliphatic carbocycles. The van der Waals surface area contributed by atoms with E-state index in [1.807, 2.05) is 24.6 Å². The van der Waals surface area contributed by atoms with Crippen molar-refractivity contribution in [2.75, 3.05) is 12.5 Å². The lowest BCUT2D eigenvalue weighted by atomic mass is 10.1. The fraction of sp³-hybridized carbons (Fsp3) is 0.417. The normalized spacial score (nSPS) is 11.3. The third-order valence-electron chi connectivity index (χ3n) is 2.47. The van der Waals surface area contributed by atoms with E-state index in [1.165, 1.54) is 12.5 Å². The van der Waals surface area contributed by atoms with Gasteiger partial charge in [-0.25, -0.2) is 0 Å². The maximum Gasteiger partial charge on any atom is 0.308 e. The van der Waals surface area contributed by atoms with Gasteiger partial charge in [0.05, 0.1) is 9.75 Å². The Bertz CT molecular complexity index is 480. The van der Waals surface area contributed by atoms with Gasteiger partial charge in [0.2, 0.25) is 0 Å². The van der Waals surface area contributed by atoms with E-state index in [0.717, 1.165) is 11.7 Å². The molecule has 0 radical (unpaired) electrons. The fourth-order valence-corrected chi connectivity index (χ4v) is 7.90. The van der Waals surface area contributed by atoms with Crippen molar-refractivity contribution in [3.63, 3.8) is 0 Å². The summed E-state index contributed by atoms with van der Waals surface area (Å²) in [5.41, 5.74) is 1.18. The van der Waals surface area contributed by atoms with Crippen molar-refractivity contribution in [1.29, 1.82) is 0 Å². The highest BCUT2D eigenvalue weighted by atomic mass is 33.2. The van der Waals surface area contributed by atoms with E-state index in [1.54, 1.807) is 22.8 Å². The van der Waals surface area contributed by atoms with Gasteiger partial charge in [-0.3, -0.25) is 4.79 Å². The number of carbonyl (C=O) groups excluding carboxylic acids is 1. The van der Waals surface area contributed by atoms with E-state index in [4.69, 9.17) is 16.5 Å². The van der Waals surface area contributed by atoms with E-state index in [-0.39, 0.29) is 5.97 Å². The Balaban J connectivity index is 3.45. The molecule has 0 spiro atoms. The quantitative estimate of drug-likeness (QED) is 0.467. The Morgan fingerprint density at radius 3 is 2.44 bits per heavy atom. The van der Waals surface area contributed by atoms with Gasteiger partial charge in [0.15, 0.2) is 0 Å². The van der Waals surface area contributed by atoms with Crippen molar-refractivity contribution in [3.05, 3.63) is 23.8 Å². The van der Waals surface area contributed by atoms with Gasteiger partial charge in [-0.15, -0.1) is 22.8 Å². The van der Waals surface area contributed by atoms with Gasteiger partial charge in [-0.2, -0.15) is 0 Å². The number of aryl methyl sites for hydroxylation is 1. The molecule has 0 fully saturated rings. The second-order valence-electron chi connectivity index (χ2n) is 3.57. The van der Waals surface area contributed by atoms with Gasteiger partial charge in [0.1, 0.15) is 5.75 Å². The van der Waals surface area contributed by atoms with Crippen LogP contribution in [-0.2, 0) is 23.0 Å². The van der Waals surface area contributed by atoms with Gasteiger partial charge in [-0.1, -0.05) is 30.9 Å². The zero-order chi connectivity index (χ0) is 13.8. The maximum atomic E-state index is 11.2. The van der Waals surface area contributed by atoms with Crippen molar-refractivity contribution in [2.24, 2.45) is 0 Å². The molecule has 0 atom stereocenters. The summed E-state index contributed by atoms with van der Waals surface area (Å²) in [5.74, 6) is 0.335. The number of esters is 1. The van der Waals surface area contributed by atoms with Crippen molar-refractivity contribution in [1.82, 2.24) is 0 Å². The Morgan fingerprint density at radius 1 is 1.39 bits per heavy atom. The maximum absolute atomic E-state index is 11.2. The molecule has 0 aromatic heterocycles. The average Bonchev–Trinajstić information content (AvgIpc) is 2.36. The van der Waals surface area contributed by atoms with E-state index < -0.39 is 4.44 Å². The van der Waals surface area contributed by atoms with Crippen molar-refractivity contribution in [2.45, 2.75) is 20.3 Å². The van der Waals surface area contributed by atoms with Crippen LogP contribution < -0.4 is 10.0 Å². The topological polar surface area (TPSA) is 26.3 Å². The van der Waals surface area contributed by atoms with Crippen molar-refractivity contribution >= 4 is 50.3 Å². The molecular formula is C12H17O2PS3. The molecule has 1 rings (SSSR count). The zero-order valence-electron chi connectivity index (χ0n) is 10.9. The molecule has 6 heteroatoms. The number of hydrogen-bond acceptors (Lipinski definition) is 5. The minimum absolute atomic E-state index is 0.298. The molecule has 18 heavy (non-hydrogen) atoms. The van der Waals surface area contributed by atoms with Crippen molar-refractivity contribution in [3.8, 4) is 5.75 Å². The van der Waals surface area contributed by atoms with Crippen LogP contribution in [0.2, 0.25) is 0 Å². The molecule has 0 aliphatic heterocycles. The summed E-state index contributed by atoms with van der Waals surface area (Å²) < 4.78 is 3.54. The average molecular weight is 320 g/mol. The third kappa shape index (κ3) is 3.53. The highest BCUT2D eigenvalue weighted by molar-refractivity contribution is 9.02. The molecule has 0 amide bonds. The highest BCUT2D eigenvalue weighted by Gasteiger charge is 2.25. The number of benzene rings is 1. The third-order valence-corrected chi connectivity index (χ3v) is 14.4. The largest absolute Gasteiger partial charge is 0.426 e. The van der Waals surface area contributed by atoms with Crippen LogP contribution in [0, 0.1) is 0 Å². The van der Waals surface area contributed by atoms with E-state index in [2.05, 4.69) is 13.0 Å². The van der Waals surface area contributed by atoms with Crippen LogP contribution in [0.5, 0.6) is 5.75 Å². The first-order valence-electron chi connectivity index (χ1n) is 5.50. The molecule has 0 saturated carbocycles. The molecule has 100 valence electrons.